The summed E-state index contributed by atoms with van der Waals surface area (Å²) in [4.78, 5) is 68.2. The number of amides is 5. The average molecular weight is 609 g/mol. The van der Waals surface area contributed by atoms with Gasteiger partial charge in [-0.25, -0.2) is 0 Å². The Bertz CT molecular complexity index is 1730. The second-order valence-corrected chi connectivity index (χ2v) is 11.1. The third-order valence-corrected chi connectivity index (χ3v) is 8.06. The zero-order chi connectivity index (χ0) is 31.3. The largest absolute Gasteiger partial charge is 0.459 e. The predicted molar refractivity (Wildman–Crippen MR) is 162 cm³/mol. The van der Waals surface area contributed by atoms with Gasteiger partial charge in [0, 0.05) is 42.8 Å². The molecule has 0 spiro atoms. The number of benzene rings is 2. The van der Waals surface area contributed by atoms with Gasteiger partial charge < -0.3 is 14.5 Å². The highest BCUT2D eigenvalue weighted by atomic mass is 16.5. The van der Waals surface area contributed by atoms with Crippen molar-refractivity contribution < 1.29 is 33.1 Å². The molecule has 2 aliphatic heterocycles. The summed E-state index contributed by atoms with van der Waals surface area (Å²) < 4.78 is 11.8. The fourth-order valence-corrected chi connectivity index (χ4v) is 5.81. The highest BCUT2D eigenvalue weighted by Crippen LogP contribution is 2.31. The van der Waals surface area contributed by atoms with Gasteiger partial charge >= 0.3 is 0 Å². The van der Waals surface area contributed by atoms with Crippen LogP contribution in [-0.2, 0) is 25.5 Å². The molecule has 0 radical (unpaired) electrons. The number of carbonyl (C=O) groups is 5. The zero-order valence-corrected chi connectivity index (χ0v) is 24.5. The molecule has 0 saturated carbocycles. The molecular weight excluding hydrogens is 576 g/mol. The van der Waals surface area contributed by atoms with Gasteiger partial charge in [0.15, 0.2) is 0 Å². The van der Waals surface area contributed by atoms with Gasteiger partial charge in [-0.05, 0) is 55.5 Å². The van der Waals surface area contributed by atoms with E-state index in [9.17, 15) is 24.0 Å². The predicted octanol–water partition coefficient (Wildman–Crippen LogP) is 3.86. The first-order chi connectivity index (χ1) is 21.9. The molecule has 1 fully saturated rings. The van der Waals surface area contributed by atoms with Crippen molar-refractivity contribution in [3.63, 3.8) is 0 Å². The third-order valence-electron chi connectivity index (χ3n) is 8.06. The second-order valence-electron chi connectivity index (χ2n) is 11.1. The Balaban J connectivity index is 0.978. The summed E-state index contributed by atoms with van der Waals surface area (Å²) in [7, 11) is 0. The summed E-state index contributed by atoms with van der Waals surface area (Å²) >= 11 is 0. The van der Waals surface area contributed by atoms with E-state index in [0.29, 0.717) is 50.2 Å². The summed E-state index contributed by atoms with van der Waals surface area (Å²) in [5.41, 5.74) is 2.75. The molecule has 2 atom stereocenters. The van der Waals surface area contributed by atoms with Crippen molar-refractivity contribution in [1.29, 1.82) is 0 Å². The molecule has 11 heteroatoms. The number of para-hydroxylation sites is 1. The van der Waals surface area contributed by atoms with Crippen molar-refractivity contribution in [1.82, 2.24) is 20.5 Å². The van der Waals surface area contributed by atoms with Crippen molar-refractivity contribution in [2.75, 3.05) is 13.2 Å². The van der Waals surface area contributed by atoms with Crippen LogP contribution in [0.3, 0.4) is 0 Å². The van der Waals surface area contributed by atoms with E-state index in [2.05, 4.69) is 15.6 Å². The molecule has 45 heavy (non-hydrogen) atoms. The molecule has 2 aliphatic rings. The third kappa shape index (κ3) is 6.39. The Labute approximate surface area is 258 Å². The van der Waals surface area contributed by atoms with E-state index in [1.54, 1.807) is 30.6 Å². The van der Waals surface area contributed by atoms with E-state index in [1.165, 1.54) is 0 Å². The Morgan fingerprint density at radius 1 is 1.02 bits per heavy atom. The molecule has 0 aliphatic carbocycles. The van der Waals surface area contributed by atoms with Crippen LogP contribution in [0.2, 0.25) is 0 Å². The van der Waals surface area contributed by atoms with Gasteiger partial charge in [-0.15, -0.1) is 0 Å². The van der Waals surface area contributed by atoms with Crippen LogP contribution >= 0.6 is 0 Å². The Hall–Kier alpha value is -5.16. The van der Waals surface area contributed by atoms with E-state index in [4.69, 9.17) is 9.15 Å². The highest BCUT2D eigenvalue weighted by molar-refractivity contribution is 6.24. The molecule has 5 amide bonds. The van der Waals surface area contributed by atoms with Crippen LogP contribution in [0.1, 0.15) is 75.7 Å². The fraction of sp³-hybridized carbons (Fsp3) is 0.294. The summed E-state index contributed by atoms with van der Waals surface area (Å²) in [6.07, 6.45) is 5.54. The lowest BCUT2D eigenvalue weighted by molar-refractivity contribution is -0.136. The lowest BCUT2D eigenvalue weighted by Crippen LogP contribution is -2.54. The minimum atomic E-state index is -1.00. The number of unbranched alkanes of at least 4 members (excludes halogenated alkanes) is 1. The molecule has 0 bridgehead atoms. The molecule has 4 heterocycles. The normalized spacial score (nSPS) is 17.0. The number of aromatic nitrogens is 1. The van der Waals surface area contributed by atoms with Gasteiger partial charge in [0.25, 0.3) is 11.8 Å². The summed E-state index contributed by atoms with van der Waals surface area (Å²) in [6.45, 7) is 0.741. The molecule has 6 rings (SSSR count). The first kappa shape index (κ1) is 29.9. The molecule has 4 aromatic rings. The molecule has 2 aromatic heterocycles. The molecule has 2 unspecified atom stereocenters. The van der Waals surface area contributed by atoms with Crippen molar-refractivity contribution >= 4 is 40.5 Å². The van der Waals surface area contributed by atoms with E-state index in [1.807, 2.05) is 42.5 Å². The Morgan fingerprint density at radius 2 is 1.89 bits per heavy atom. The van der Waals surface area contributed by atoms with Crippen molar-refractivity contribution in [3.05, 3.63) is 101 Å². The maximum absolute atomic E-state index is 13.2. The van der Waals surface area contributed by atoms with Crippen molar-refractivity contribution in [3.8, 4) is 0 Å². The van der Waals surface area contributed by atoms with Gasteiger partial charge in [-0.1, -0.05) is 36.4 Å². The second kappa shape index (κ2) is 13.2. The lowest BCUT2D eigenvalue weighted by Gasteiger charge is -2.27. The quantitative estimate of drug-likeness (QED) is 0.182. The van der Waals surface area contributed by atoms with Crippen LogP contribution in [0.4, 0.5) is 0 Å². The standard InChI is InChI=1S/C34H32N4O7/c39-28(36-31(23-9-6-16-35-20-23)27-19-22-7-1-2-11-26(22)45-27)12-3-4-17-44-18-15-21-8-5-10-24-30(21)34(43)38(33(24)42)25-13-14-29(40)37-32(25)41/h1-2,5-11,16,19-20,25,31H,3-4,12-15,17-18H2,(H,36,39)(H,37,40,41). The van der Waals surface area contributed by atoms with Crippen LogP contribution in [0.5, 0.6) is 0 Å². The number of hydrogen-bond acceptors (Lipinski definition) is 8. The Kier molecular flexibility index (Phi) is 8.79. The number of ether oxygens (including phenoxy) is 1. The van der Waals surface area contributed by atoms with Crippen LogP contribution in [-0.4, -0.2) is 58.7 Å². The summed E-state index contributed by atoms with van der Waals surface area (Å²) in [5.74, 6) is -1.60. The number of fused-ring (bicyclic) bond motifs is 2. The first-order valence-electron chi connectivity index (χ1n) is 15.0. The number of carbonyl (C=O) groups excluding carboxylic acids is 5. The number of nitrogens with zero attached hydrogens (tertiary/aromatic N) is 2. The maximum Gasteiger partial charge on any atom is 0.262 e. The highest BCUT2D eigenvalue weighted by Gasteiger charge is 2.45. The average Bonchev–Trinajstić information content (AvgIpc) is 3.58. The number of rotatable bonds is 12. The molecular formula is C34H32N4O7. The number of furan rings is 1. The van der Waals surface area contributed by atoms with Gasteiger partial charge in [0.2, 0.25) is 17.7 Å². The number of hydrogen-bond donors (Lipinski definition) is 2. The number of nitrogens with one attached hydrogen (secondary N) is 2. The van der Waals surface area contributed by atoms with Gasteiger partial charge in [0.05, 0.1) is 17.7 Å². The van der Waals surface area contributed by atoms with Gasteiger partial charge in [0.1, 0.15) is 23.4 Å². The SMILES string of the molecule is O=C1CCC(N2C(=O)c3cccc(CCOCCCCC(=O)NC(c4cccnc4)c4cc5ccccc5o4)c3C2=O)C(=O)N1. The molecule has 11 nitrogen and oxygen atoms in total. The van der Waals surface area contributed by atoms with Crippen LogP contribution < -0.4 is 10.6 Å². The van der Waals surface area contributed by atoms with Crippen LogP contribution in [0, 0.1) is 0 Å². The molecule has 230 valence electrons. The van der Waals surface area contributed by atoms with Crippen molar-refractivity contribution in [2.24, 2.45) is 0 Å². The van der Waals surface area contributed by atoms with E-state index in [0.717, 1.165) is 21.4 Å². The fourth-order valence-electron chi connectivity index (χ4n) is 5.81. The van der Waals surface area contributed by atoms with E-state index < -0.39 is 35.7 Å². The van der Waals surface area contributed by atoms with E-state index >= 15 is 0 Å². The number of pyridine rings is 1. The number of imide groups is 2. The van der Waals surface area contributed by atoms with Crippen molar-refractivity contribution in [2.45, 2.75) is 50.6 Å². The van der Waals surface area contributed by atoms with Gasteiger partial charge in [-0.2, -0.15) is 0 Å². The van der Waals surface area contributed by atoms with Crippen LogP contribution in [0.15, 0.2) is 77.5 Å². The molecule has 2 N–H and O–H groups in total. The monoisotopic (exact) mass is 608 g/mol. The van der Waals surface area contributed by atoms with E-state index in [-0.39, 0.29) is 29.9 Å². The Morgan fingerprint density at radius 3 is 2.69 bits per heavy atom. The minimum absolute atomic E-state index is 0.0680. The zero-order valence-electron chi connectivity index (χ0n) is 24.5. The maximum atomic E-state index is 13.2. The van der Waals surface area contributed by atoms with Crippen LogP contribution in [0.25, 0.3) is 11.0 Å². The lowest BCUT2D eigenvalue weighted by atomic mass is 10.0. The minimum Gasteiger partial charge on any atom is -0.459 e. The smallest absolute Gasteiger partial charge is 0.262 e. The summed E-state index contributed by atoms with van der Waals surface area (Å²) in [5, 5.41) is 6.24. The topological polar surface area (TPSA) is 148 Å². The first-order valence-corrected chi connectivity index (χ1v) is 15.0. The molecule has 1 saturated heterocycles. The molecule has 2 aromatic carbocycles. The summed E-state index contributed by atoms with van der Waals surface area (Å²) in [6, 6.07) is 16.9. The van der Waals surface area contributed by atoms with Gasteiger partial charge in [-0.3, -0.25) is 39.2 Å². The number of piperidine rings is 1.